The van der Waals surface area contributed by atoms with Gasteiger partial charge in [-0.2, -0.15) is 0 Å². The molecule has 120 valence electrons. The first-order chi connectivity index (χ1) is 11.2. The third-order valence-corrected chi connectivity index (χ3v) is 3.69. The number of aromatic nitrogens is 3. The molecule has 2 amide bonds. The van der Waals surface area contributed by atoms with Crippen molar-refractivity contribution in [1.29, 1.82) is 0 Å². The average molecular weight is 313 g/mol. The van der Waals surface area contributed by atoms with Gasteiger partial charge in [0.25, 0.3) is 0 Å². The monoisotopic (exact) mass is 313 g/mol. The SMILES string of the molecule is Cc1nccc(NC(=O)N[C@H]2CCCO[C@@H]2c2ccncc2)n1. The second-order valence-corrected chi connectivity index (χ2v) is 5.41. The van der Waals surface area contributed by atoms with E-state index in [2.05, 4.69) is 25.6 Å². The molecule has 3 rings (SSSR count). The quantitative estimate of drug-likeness (QED) is 0.907. The van der Waals surface area contributed by atoms with Crippen LogP contribution >= 0.6 is 0 Å². The van der Waals surface area contributed by atoms with Crippen molar-refractivity contribution in [3.8, 4) is 0 Å². The number of anilines is 1. The number of hydrogen-bond acceptors (Lipinski definition) is 5. The molecular weight excluding hydrogens is 294 g/mol. The Bertz CT molecular complexity index is 665. The van der Waals surface area contributed by atoms with Crippen LogP contribution in [0.2, 0.25) is 0 Å². The van der Waals surface area contributed by atoms with Crippen LogP contribution in [0.5, 0.6) is 0 Å². The molecule has 1 saturated heterocycles. The van der Waals surface area contributed by atoms with Crippen molar-refractivity contribution in [3.63, 3.8) is 0 Å². The van der Waals surface area contributed by atoms with Gasteiger partial charge in [0.15, 0.2) is 0 Å². The summed E-state index contributed by atoms with van der Waals surface area (Å²) >= 11 is 0. The van der Waals surface area contributed by atoms with Gasteiger partial charge in [0.1, 0.15) is 17.7 Å². The first-order valence-electron chi connectivity index (χ1n) is 7.61. The molecule has 2 aromatic rings. The highest BCUT2D eigenvalue weighted by atomic mass is 16.5. The Morgan fingerprint density at radius 3 is 2.87 bits per heavy atom. The topological polar surface area (TPSA) is 89.0 Å². The van der Waals surface area contributed by atoms with Crippen molar-refractivity contribution >= 4 is 11.8 Å². The van der Waals surface area contributed by atoms with Crippen LogP contribution in [0.1, 0.15) is 30.3 Å². The zero-order valence-electron chi connectivity index (χ0n) is 12.9. The van der Waals surface area contributed by atoms with E-state index >= 15 is 0 Å². The Morgan fingerprint density at radius 1 is 1.26 bits per heavy atom. The Morgan fingerprint density at radius 2 is 2.09 bits per heavy atom. The highest BCUT2D eigenvalue weighted by Crippen LogP contribution is 2.28. The number of amides is 2. The molecule has 1 fully saturated rings. The summed E-state index contributed by atoms with van der Waals surface area (Å²) in [5.74, 6) is 1.09. The summed E-state index contributed by atoms with van der Waals surface area (Å²) in [5, 5.41) is 5.71. The Balaban J connectivity index is 1.66. The van der Waals surface area contributed by atoms with Gasteiger partial charge in [-0.1, -0.05) is 0 Å². The zero-order chi connectivity index (χ0) is 16.1. The van der Waals surface area contributed by atoms with E-state index in [-0.39, 0.29) is 18.2 Å². The molecular formula is C16H19N5O2. The van der Waals surface area contributed by atoms with Gasteiger partial charge in [-0.25, -0.2) is 14.8 Å². The first kappa shape index (κ1) is 15.4. The minimum absolute atomic E-state index is 0.0888. The van der Waals surface area contributed by atoms with Crippen molar-refractivity contribution in [2.75, 3.05) is 11.9 Å². The van der Waals surface area contributed by atoms with Crippen molar-refractivity contribution in [2.24, 2.45) is 0 Å². The average Bonchev–Trinajstić information content (AvgIpc) is 2.56. The molecule has 23 heavy (non-hydrogen) atoms. The first-order valence-corrected chi connectivity index (χ1v) is 7.61. The molecule has 2 atom stereocenters. The number of aryl methyl sites for hydroxylation is 1. The summed E-state index contributed by atoms with van der Waals surface area (Å²) in [4.78, 5) is 24.4. The third-order valence-electron chi connectivity index (χ3n) is 3.69. The summed E-state index contributed by atoms with van der Waals surface area (Å²) in [6.07, 6.45) is 6.69. The molecule has 2 aromatic heterocycles. The maximum absolute atomic E-state index is 12.2. The van der Waals surface area contributed by atoms with Crippen molar-refractivity contribution in [1.82, 2.24) is 20.3 Å². The molecule has 0 aliphatic carbocycles. The maximum Gasteiger partial charge on any atom is 0.320 e. The van der Waals surface area contributed by atoms with Gasteiger partial charge >= 0.3 is 6.03 Å². The van der Waals surface area contributed by atoms with E-state index in [1.54, 1.807) is 31.6 Å². The van der Waals surface area contributed by atoms with E-state index in [0.29, 0.717) is 18.2 Å². The number of rotatable bonds is 3. The molecule has 1 aliphatic rings. The molecule has 7 nitrogen and oxygen atoms in total. The molecule has 0 spiro atoms. The zero-order valence-corrected chi connectivity index (χ0v) is 12.9. The molecule has 0 aromatic carbocycles. The van der Waals surface area contributed by atoms with E-state index in [1.807, 2.05) is 12.1 Å². The predicted molar refractivity (Wildman–Crippen MR) is 84.9 cm³/mol. The molecule has 0 radical (unpaired) electrons. The van der Waals surface area contributed by atoms with E-state index < -0.39 is 0 Å². The molecule has 3 heterocycles. The molecule has 0 bridgehead atoms. The van der Waals surface area contributed by atoms with Crippen LogP contribution in [0.3, 0.4) is 0 Å². The molecule has 0 saturated carbocycles. The number of ether oxygens (including phenoxy) is 1. The Kier molecular flexibility index (Phi) is 4.77. The molecule has 7 heteroatoms. The second-order valence-electron chi connectivity index (χ2n) is 5.41. The lowest BCUT2D eigenvalue weighted by molar-refractivity contribution is -0.00701. The summed E-state index contributed by atoms with van der Waals surface area (Å²) in [7, 11) is 0. The van der Waals surface area contributed by atoms with Gasteiger partial charge < -0.3 is 10.1 Å². The predicted octanol–water partition coefficient (Wildman–Crippen LogP) is 2.22. The van der Waals surface area contributed by atoms with Crippen LogP contribution in [-0.4, -0.2) is 33.6 Å². The van der Waals surface area contributed by atoms with Gasteiger partial charge in [0.05, 0.1) is 6.04 Å². The number of carbonyl (C=O) groups is 1. The van der Waals surface area contributed by atoms with Crippen LogP contribution in [0, 0.1) is 6.92 Å². The van der Waals surface area contributed by atoms with E-state index in [1.165, 1.54) is 0 Å². The molecule has 0 unspecified atom stereocenters. The summed E-state index contributed by atoms with van der Waals surface area (Å²) in [5.41, 5.74) is 1.02. The highest BCUT2D eigenvalue weighted by molar-refractivity contribution is 5.88. The smallest absolute Gasteiger partial charge is 0.320 e. The highest BCUT2D eigenvalue weighted by Gasteiger charge is 2.28. The van der Waals surface area contributed by atoms with Gasteiger partial charge in [-0.15, -0.1) is 0 Å². The fraction of sp³-hybridized carbons (Fsp3) is 0.375. The Hall–Kier alpha value is -2.54. The Labute approximate surface area is 134 Å². The van der Waals surface area contributed by atoms with Gasteiger partial charge in [-0.3, -0.25) is 10.3 Å². The van der Waals surface area contributed by atoms with E-state index in [0.717, 1.165) is 18.4 Å². The minimum Gasteiger partial charge on any atom is -0.371 e. The van der Waals surface area contributed by atoms with Crippen LogP contribution in [0.4, 0.5) is 10.6 Å². The van der Waals surface area contributed by atoms with Crippen molar-refractivity contribution < 1.29 is 9.53 Å². The van der Waals surface area contributed by atoms with Gasteiger partial charge in [0, 0.05) is 25.2 Å². The largest absolute Gasteiger partial charge is 0.371 e. The summed E-state index contributed by atoms with van der Waals surface area (Å²) in [6.45, 7) is 2.47. The number of hydrogen-bond donors (Lipinski definition) is 2. The van der Waals surface area contributed by atoms with Crippen LogP contribution in [0.15, 0.2) is 36.8 Å². The molecule has 1 aliphatic heterocycles. The second kappa shape index (κ2) is 7.15. The third kappa shape index (κ3) is 4.01. The number of nitrogens with zero attached hydrogens (tertiary/aromatic N) is 3. The van der Waals surface area contributed by atoms with E-state index in [9.17, 15) is 4.79 Å². The van der Waals surface area contributed by atoms with Crippen molar-refractivity contribution in [2.45, 2.75) is 31.9 Å². The normalized spacial score (nSPS) is 20.7. The fourth-order valence-corrected chi connectivity index (χ4v) is 2.66. The minimum atomic E-state index is -0.294. The summed E-state index contributed by atoms with van der Waals surface area (Å²) < 4.78 is 5.85. The number of urea groups is 1. The van der Waals surface area contributed by atoms with E-state index in [4.69, 9.17) is 4.74 Å². The lowest BCUT2D eigenvalue weighted by atomic mass is 9.97. The number of carbonyl (C=O) groups excluding carboxylic acids is 1. The fourth-order valence-electron chi connectivity index (χ4n) is 2.66. The molecule has 2 N–H and O–H groups in total. The van der Waals surface area contributed by atoms with Crippen LogP contribution in [-0.2, 0) is 4.74 Å². The number of pyridine rings is 1. The van der Waals surface area contributed by atoms with Gasteiger partial charge in [-0.05, 0) is 43.5 Å². The summed E-state index contributed by atoms with van der Waals surface area (Å²) in [6, 6.07) is 5.10. The lowest BCUT2D eigenvalue weighted by Crippen LogP contribution is -2.44. The van der Waals surface area contributed by atoms with Crippen LogP contribution < -0.4 is 10.6 Å². The van der Waals surface area contributed by atoms with Crippen LogP contribution in [0.25, 0.3) is 0 Å². The van der Waals surface area contributed by atoms with Crippen molar-refractivity contribution in [3.05, 3.63) is 48.2 Å². The van der Waals surface area contributed by atoms with Gasteiger partial charge in [0.2, 0.25) is 0 Å². The maximum atomic E-state index is 12.2. The lowest BCUT2D eigenvalue weighted by Gasteiger charge is -2.32. The standard InChI is InChI=1S/C16H19N5O2/c1-11-18-9-6-14(19-11)21-16(22)20-13-3-2-10-23-15(13)12-4-7-17-8-5-12/h4-9,13,15H,2-3,10H2,1H3,(H2,18,19,20,21,22)/t13-,15+/m0/s1. The number of nitrogens with one attached hydrogen (secondary N) is 2.